The molecule has 1 atom stereocenters. The zero-order valence-electron chi connectivity index (χ0n) is 11.0. The van der Waals surface area contributed by atoms with E-state index in [4.69, 9.17) is 5.73 Å². The van der Waals surface area contributed by atoms with Gasteiger partial charge in [0.2, 0.25) is 5.91 Å². The average Bonchev–Trinajstić information content (AvgIpc) is 2.29. The first-order valence-electron chi connectivity index (χ1n) is 5.99. The highest BCUT2D eigenvalue weighted by molar-refractivity contribution is 5.85. The lowest BCUT2D eigenvalue weighted by Crippen LogP contribution is -2.39. The lowest BCUT2D eigenvalue weighted by Gasteiger charge is -2.17. The van der Waals surface area contributed by atoms with E-state index in [9.17, 15) is 9.18 Å². The Kier molecular flexibility index (Phi) is 4.95. The maximum atomic E-state index is 12.9. The Hall–Kier alpha value is -1.78. The van der Waals surface area contributed by atoms with Gasteiger partial charge in [0.15, 0.2) is 0 Å². The molecule has 1 amide bonds. The Morgan fingerprint density at radius 1 is 1.39 bits per heavy atom. The molecular formula is C13H20FN3O. The standard InChI is InChI=1S/C13H20FN3O/c1-8(2)7-16-13(18)9(3)17-12-5-4-10(14)6-11(12)15/h4-6,8-9,17H,7,15H2,1-3H3,(H,16,18). The minimum Gasteiger partial charge on any atom is -0.397 e. The van der Waals surface area contributed by atoms with Crippen LogP contribution in [0.25, 0.3) is 0 Å². The molecule has 100 valence electrons. The first-order valence-corrected chi connectivity index (χ1v) is 5.99. The van der Waals surface area contributed by atoms with Crippen LogP contribution in [-0.4, -0.2) is 18.5 Å². The van der Waals surface area contributed by atoms with E-state index in [1.54, 1.807) is 6.92 Å². The molecule has 0 saturated carbocycles. The van der Waals surface area contributed by atoms with Gasteiger partial charge >= 0.3 is 0 Å². The van der Waals surface area contributed by atoms with E-state index in [0.717, 1.165) is 0 Å². The lowest BCUT2D eigenvalue weighted by atomic mass is 10.2. The van der Waals surface area contributed by atoms with Gasteiger partial charge in [-0.2, -0.15) is 0 Å². The van der Waals surface area contributed by atoms with Crippen LogP contribution in [0.3, 0.4) is 0 Å². The van der Waals surface area contributed by atoms with Crippen molar-refractivity contribution in [2.45, 2.75) is 26.8 Å². The molecule has 0 heterocycles. The van der Waals surface area contributed by atoms with E-state index in [1.165, 1.54) is 18.2 Å². The zero-order valence-corrected chi connectivity index (χ0v) is 11.0. The monoisotopic (exact) mass is 253 g/mol. The van der Waals surface area contributed by atoms with Gasteiger partial charge in [0.05, 0.1) is 11.4 Å². The van der Waals surface area contributed by atoms with Crippen molar-refractivity contribution in [1.82, 2.24) is 5.32 Å². The molecule has 0 fully saturated rings. The summed E-state index contributed by atoms with van der Waals surface area (Å²) in [5.41, 5.74) is 6.51. The maximum Gasteiger partial charge on any atom is 0.242 e. The summed E-state index contributed by atoms with van der Waals surface area (Å²) in [5, 5.41) is 5.77. The quantitative estimate of drug-likeness (QED) is 0.703. The van der Waals surface area contributed by atoms with Crippen LogP contribution < -0.4 is 16.4 Å². The molecule has 1 aromatic carbocycles. The van der Waals surface area contributed by atoms with Crippen LogP contribution in [0.1, 0.15) is 20.8 Å². The first kappa shape index (κ1) is 14.3. The number of anilines is 2. The minimum atomic E-state index is -0.420. The summed E-state index contributed by atoms with van der Waals surface area (Å²) in [6, 6.07) is 3.63. The third kappa shape index (κ3) is 4.24. The van der Waals surface area contributed by atoms with Gasteiger partial charge in [0.25, 0.3) is 0 Å². The summed E-state index contributed by atoms with van der Waals surface area (Å²) in [4.78, 5) is 11.7. The van der Waals surface area contributed by atoms with Crippen molar-refractivity contribution in [3.8, 4) is 0 Å². The second-order valence-electron chi connectivity index (χ2n) is 4.74. The molecule has 0 saturated heterocycles. The third-order valence-corrected chi connectivity index (χ3v) is 2.46. The Morgan fingerprint density at radius 2 is 2.06 bits per heavy atom. The highest BCUT2D eigenvalue weighted by Gasteiger charge is 2.13. The molecule has 0 aliphatic heterocycles. The Balaban J connectivity index is 2.58. The van der Waals surface area contributed by atoms with E-state index in [1.807, 2.05) is 13.8 Å². The van der Waals surface area contributed by atoms with Crippen molar-refractivity contribution in [3.63, 3.8) is 0 Å². The van der Waals surface area contributed by atoms with E-state index in [0.29, 0.717) is 23.8 Å². The largest absolute Gasteiger partial charge is 0.397 e. The first-order chi connectivity index (χ1) is 8.40. The topological polar surface area (TPSA) is 67.2 Å². The fourth-order valence-electron chi connectivity index (χ4n) is 1.42. The maximum absolute atomic E-state index is 12.9. The number of rotatable bonds is 5. The molecule has 0 spiro atoms. The fraction of sp³-hybridized carbons (Fsp3) is 0.462. The number of nitrogens with two attached hydrogens (primary N) is 1. The second kappa shape index (κ2) is 6.23. The molecular weight excluding hydrogens is 233 g/mol. The molecule has 1 unspecified atom stereocenters. The molecule has 0 radical (unpaired) electrons. The van der Waals surface area contributed by atoms with Crippen molar-refractivity contribution in [2.24, 2.45) is 5.92 Å². The predicted molar refractivity (Wildman–Crippen MR) is 71.7 cm³/mol. The number of halogens is 1. The third-order valence-electron chi connectivity index (χ3n) is 2.46. The number of carbonyl (C=O) groups excluding carboxylic acids is 1. The molecule has 1 rings (SSSR count). The molecule has 0 aliphatic rings. The van der Waals surface area contributed by atoms with Gasteiger partial charge in [0, 0.05) is 6.54 Å². The van der Waals surface area contributed by atoms with Gasteiger partial charge in [-0.15, -0.1) is 0 Å². The van der Waals surface area contributed by atoms with Gasteiger partial charge in [-0.25, -0.2) is 4.39 Å². The van der Waals surface area contributed by atoms with Gasteiger partial charge < -0.3 is 16.4 Å². The van der Waals surface area contributed by atoms with Crippen LogP contribution in [0.5, 0.6) is 0 Å². The van der Waals surface area contributed by atoms with Crippen molar-refractivity contribution < 1.29 is 9.18 Å². The van der Waals surface area contributed by atoms with Crippen LogP contribution in [0.2, 0.25) is 0 Å². The van der Waals surface area contributed by atoms with Crippen LogP contribution in [0.15, 0.2) is 18.2 Å². The van der Waals surface area contributed by atoms with Gasteiger partial charge in [0.1, 0.15) is 11.9 Å². The highest BCUT2D eigenvalue weighted by atomic mass is 19.1. The van der Waals surface area contributed by atoms with E-state index < -0.39 is 11.9 Å². The van der Waals surface area contributed by atoms with Crippen LogP contribution in [0.4, 0.5) is 15.8 Å². The summed E-state index contributed by atoms with van der Waals surface area (Å²) in [6.07, 6.45) is 0. The molecule has 4 nitrogen and oxygen atoms in total. The summed E-state index contributed by atoms with van der Waals surface area (Å²) in [6.45, 7) is 6.41. The van der Waals surface area contributed by atoms with Crippen LogP contribution >= 0.6 is 0 Å². The number of nitrogen functional groups attached to an aromatic ring is 1. The summed E-state index contributed by atoms with van der Waals surface area (Å²) in [7, 11) is 0. The van der Waals surface area contributed by atoms with E-state index in [-0.39, 0.29) is 5.91 Å². The zero-order chi connectivity index (χ0) is 13.7. The Bertz CT molecular complexity index is 421. The molecule has 0 bridgehead atoms. The normalized spacial score (nSPS) is 12.3. The SMILES string of the molecule is CC(C)CNC(=O)C(C)Nc1ccc(F)cc1N. The highest BCUT2D eigenvalue weighted by Crippen LogP contribution is 2.19. The molecule has 0 aromatic heterocycles. The van der Waals surface area contributed by atoms with Crippen molar-refractivity contribution in [3.05, 3.63) is 24.0 Å². The minimum absolute atomic E-state index is 0.104. The Labute approximate surface area is 107 Å². The summed E-state index contributed by atoms with van der Waals surface area (Å²) < 4.78 is 12.9. The van der Waals surface area contributed by atoms with Gasteiger partial charge in [-0.1, -0.05) is 13.8 Å². The molecule has 4 N–H and O–H groups in total. The van der Waals surface area contributed by atoms with Crippen molar-refractivity contribution in [1.29, 1.82) is 0 Å². The molecule has 1 aromatic rings. The van der Waals surface area contributed by atoms with Crippen LogP contribution in [0, 0.1) is 11.7 Å². The number of amides is 1. The van der Waals surface area contributed by atoms with E-state index >= 15 is 0 Å². The van der Waals surface area contributed by atoms with Crippen molar-refractivity contribution >= 4 is 17.3 Å². The Morgan fingerprint density at radius 3 is 2.61 bits per heavy atom. The molecule has 0 aliphatic carbocycles. The second-order valence-corrected chi connectivity index (χ2v) is 4.74. The lowest BCUT2D eigenvalue weighted by molar-refractivity contribution is -0.121. The number of nitrogens with one attached hydrogen (secondary N) is 2. The fourth-order valence-corrected chi connectivity index (χ4v) is 1.42. The van der Waals surface area contributed by atoms with E-state index in [2.05, 4.69) is 10.6 Å². The average molecular weight is 253 g/mol. The summed E-state index contributed by atoms with van der Waals surface area (Å²) >= 11 is 0. The number of benzene rings is 1. The smallest absolute Gasteiger partial charge is 0.242 e. The van der Waals surface area contributed by atoms with Gasteiger partial charge in [-0.3, -0.25) is 4.79 Å². The molecule has 18 heavy (non-hydrogen) atoms. The number of hydrogen-bond donors (Lipinski definition) is 3. The molecule has 5 heteroatoms. The van der Waals surface area contributed by atoms with Gasteiger partial charge in [-0.05, 0) is 31.0 Å². The predicted octanol–water partition coefficient (Wildman–Crippen LogP) is 1.98. The summed E-state index contributed by atoms with van der Waals surface area (Å²) in [5.74, 6) is -0.0978. The van der Waals surface area contributed by atoms with Crippen LogP contribution in [-0.2, 0) is 4.79 Å². The van der Waals surface area contributed by atoms with Crippen molar-refractivity contribution in [2.75, 3.05) is 17.6 Å². The number of hydrogen-bond acceptors (Lipinski definition) is 3. The number of carbonyl (C=O) groups is 1.